The van der Waals surface area contributed by atoms with E-state index in [1.807, 2.05) is 109 Å². The fourth-order valence-electron chi connectivity index (χ4n) is 5.36. The molecule has 7 nitrogen and oxygen atoms in total. The molecule has 0 spiro atoms. The monoisotopic (exact) mass is 639 g/mol. The summed E-state index contributed by atoms with van der Waals surface area (Å²) in [6, 6.07) is 28.5. The summed E-state index contributed by atoms with van der Waals surface area (Å²) < 4.78 is 29.7. The maximum Gasteiger partial charge on any atom is 0.264 e. The highest BCUT2D eigenvalue weighted by Gasteiger charge is 2.35. The Morgan fingerprint density at radius 2 is 1.26 bits per heavy atom. The molecule has 0 saturated heterocycles. The standard InChI is InChI=1S/C38H45N3O4S/c1-27-13-17-32(18-14-27)25-40(35(37(43)39-38(5,6)7)24-31-11-9-8-10-12-31)36(42)26-41(33-22-29(3)21-30(4)23-33)46(44,45)34-19-15-28(2)16-20-34/h8-23,35H,24-26H2,1-7H3,(H,39,43)/t35-/m1/s1. The van der Waals surface area contributed by atoms with Crippen molar-refractivity contribution in [2.45, 2.75) is 77.9 Å². The second-order valence-electron chi connectivity index (χ2n) is 13.1. The summed E-state index contributed by atoms with van der Waals surface area (Å²) in [5.74, 6) is -0.795. The lowest BCUT2D eigenvalue weighted by Gasteiger charge is -2.35. The van der Waals surface area contributed by atoms with Gasteiger partial charge in [0.25, 0.3) is 10.0 Å². The van der Waals surface area contributed by atoms with Gasteiger partial charge in [-0.2, -0.15) is 0 Å². The maximum atomic E-state index is 14.6. The first-order valence-corrected chi connectivity index (χ1v) is 16.9. The zero-order chi connectivity index (χ0) is 33.6. The van der Waals surface area contributed by atoms with Crippen LogP contribution in [-0.2, 0) is 32.6 Å². The van der Waals surface area contributed by atoms with Gasteiger partial charge in [-0.15, -0.1) is 0 Å². The van der Waals surface area contributed by atoms with Crippen LogP contribution in [0.25, 0.3) is 0 Å². The van der Waals surface area contributed by atoms with Gasteiger partial charge in [0.2, 0.25) is 11.8 Å². The van der Waals surface area contributed by atoms with Gasteiger partial charge in [0, 0.05) is 18.5 Å². The lowest BCUT2D eigenvalue weighted by Crippen LogP contribution is -2.56. The Morgan fingerprint density at radius 3 is 1.80 bits per heavy atom. The quantitative estimate of drug-likeness (QED) is 0.199. The minimum Gasteiger partial charge on any atom is -0.350 e. The van der Waals surface area contributed by atoms with Crippen molar-refractivity contribution in [2.24, 2.45) is 0 Å². The molecular weight excluding hydrogens is 595 g/mol. The number of sulfonamides is 1. The van der Waals surface area contributed by atoms with Gasteiger partial charge < -0.3 is 10.2 Å². The molecule has 242 valence electrons. The molecule has 1 atom stereocenters. The highest BCUT2D eigenvalue weighted by molar-refractivity contribution is 7.92. The third kappa shape index (κ3) is 9.07. The molecule has 4 aromatic rings. The summed E-state index contributed by atoms with van der Waals surface area (Å²) in [5, 5.41) is 3.07. The van der Waals surface area contributed by atoms with Crippen LogP contribution in [0.4, 0.5) is 5.69 Å². The van der Waals surface area contributed by atoms with E-state index in [1.165, 1.54) is 9.21 Å². The molecule has 0 aromatic heterocycles. The number of nitrogens with zero attached hydrogens (tertiary/aromatic N) is 2. The Kier molecular flexibility index (Phi) is 10.7. The molecule has 0 aliphatic rings. The van der Waals surface area contributed by atoms with Gasteiger partial charge in [0.15, 0.2) is 0 Å². The van der Waals surface area contributed by atoms with Gasteiger partial charge in [-0.05, 0) is 95.0 Å². The summed E-state index contributed by atoms with van der Waals surface area (Å²) in [5.41, 5.74) is 5.29. The first kappa shape index (κ1) is 34.4. The van der Waals surface area contributed by atoms with Crippen LogP contribution in [-0.4, -0.2) is 43.3 Å². The van der Waals surface area contributed by atoms with E-state index in [0.29, 0.717) is 5.69 Å². The number of carbonyl (C=O) groups excluding carboxylic acids is 2. The molecule has 0 bridgehead atoms. The summed E-state index contributed by atoms with van der Waals surface area (Å²) in [6.07, 6.45) is 0.259. The van der Waals surface area contributed by atoms with Gasteiger partial charge in [-0.25, -0.2) is 8.42 Å². The zero-order valence-electron chi connectivity index (χ0n) is 27.9. The number of benzene rings is 4. The molecule has 0 unspecified atom stereocenters. The van der Waals surface area contributed by atoms with Crippen LogP contribution in [0, 0.1) is 27.7 Å². The molecule has 46 heavy (non-hydrogen) atoms. The van der Waals surface area contributed by atoms with Gasteiger partial charge in [-0.3, -0.25) is 13.9 Å². The molecule has 4 aromatic carbocycles. The van der Waals surface area contributed by atoms with Crippen LogP contribution in [0.3, 0.4) is 0 Å². The molecule has 4 rings (SSSR count). The smallest absolute Gasteiger partial charge is 0.264 e. The molecule has 2 amide bonds. The zero-order valence-corrected chi connectivity index (χ0v) is 28.7. The van der Waals surface area contributed by atoms with Crippen molar-refractivity contribution in [3.05, 3.63) is 130 Å². The van der Waals surface area contributed by atoms with Gasteiger partial charge >= 0.3 is 0 Å². The highest BCUT2D eigenvalue weighted by atomic mass is 32.2. The van der Waals surface area contributed by atoms with Crippen LogP contribution in [0.2, 0.25) is 0 Å². The Labute approximate surface area is 274 Å². The van der Waals surface area contributed by atoms with E-state index in [2.05, 4.69) is 5.32 Å². The molecule has 0 aliphatic carbocycles. The molecule has 0 aliphatic heterocycles. The first-order valence-electron chi connectivity index (χ1n) is 15.5. The highest BCUT2D eigenvalue weighted by Crippen LogP contribution is 2.27. The van der Waals surface area contributed by atoms with Crippen molar-refractivity contribution in [1.82, 2.24) is 10.2 Å². The number of carbonyl (C=O) groups is 2. The van der Waals surface area contributed by atoms with E-state index in [4.69, 9.17) is 0 Å². The largest absolute Gasteiger partial charge is 0.350 e. The van der Waals surface area contributed by atoms with E-state index in [1.54, 1.807) is 36.4 Å². The van der Waals surface area contributed by atoms with Crippen molar-refractivity contribution in [1.29, 1.82) is 0 Å². The SMILES string of the molecule is Cc1ccc(CN(C(=O)CN(c2cc(C)cc(C)c2)S(=O)(=O)c2ccc(C)cc2)[C@H](Cc2ccccc2)C(=O)NC(C)(C)C)cc1. The summed E-state index contributed by atoms with van der Waals surface area (Å²) in [6.45, 7) is 13.0. The number of amides is 2. The fourth-order valence-corrected chi connectivity index (χ4v) is 6.76. The van der Waals surface area contributed by atoms with E-state index in [0.717, 1.165) is 33.4 Å². The van der Waals surface area contributed by atoms with Crippen LogP contribution < -0.4 is 9.62 Å². The normalized spacial score (nSPS) is 12.3. The van der Waals surface area contributed by atoms with E-state index in [9.17, 15) is 18.0 Å². The Balaban J connectivity index is 1.84. The predicted molar refractivity (Wildman–Crippen MR) is 185 cm³/mol. The number of rotatable bonds is 11. The minimum absolute atomic E-state index is 0.0847. The van der Waals surface area contributed by atoms with Crippen molar-refractivity contribution >= 4 is 27.5 Å². The third-order valence-corrected chi connectivity index (χ3v) is 9.41. The van der Waals surface area contributed by atoms with Crippen LogP contribution in [0.5, 0.6) is 0 Å². The van der Waals surface area contributed by atoms with E-state index < -0.39 is 34.1 Å². The number of nitrogens with one attached hydrogen (secondary N) is 1. The van der Waals surface area contributed by atoms with Crippen molar-refractivity contribution in [3.63, 3.8) is 0 Å². The summed E-state index contributed by atoms with van der Waals surface area (Å²) in [4.78, 5) is 30.3. The summed E-state index contributed by atoms with van der Waals surface area (Å²) in [7, 11) is -4.16. The Bertz CT molecular complexity index is 1740. The molecule has 0 heterocycles. The van der Waals surface area contributed by atoms with Crippen molar-refractivity contribution < 1.29 is 18.0 Å². The van der Waals surface area contributed by atoms with E-state index in [-0.39, 0.29) is 23.8 Å². The van der Waals surface area contributed by atoms with Gasteiger partial charge in [0.1, 0.15) is 12.6 Å². The lowest BCUT2D eigenvalue weighted by molar-refractivity contribution is -0.140. The fraction of sp³-hybridized carbons (Fsp3) is 0.316. The Hall–Kier alpha value is -4.43. The lowest BCUT2D eigenvalue weighted by atomic mass is 10.0. The molecule has 0 radical (unpaired) electrons. The summed E-state index contributed by atoms with van der Waals surface area (Å²) >= 11 is 0. The number of hydrogen-bond acceptors (Lipinski definition) is 4. The Morgan fingerprint density at radius 1 is 0.717 bits per heavy atom. The van der Waals surface area contributed by atoms with Crippen LogP contribution in [0.1, 0.15) is 54.2 Å². The minimum atomic E-state index is -4.16. The molecule has 1 N–H and O–H groups in total. The molecule has 8 heteroatoms. The van der Waals surface area contributed by atoms with Gasteiger partial charge in [-0.1, -0.05) is 83.9 Å². The average Bonchev–Trinajstić information content (AvgIpc) is 2.97. The second-order valence-corrected chi connectivity index (χ2v) is 15.0. The topological polar surface area (TPSA) is 86.8 Å². The number of anilines is 1. The molecular formula is C38H45N3O4S. The average molecular weight is 640 g/mol. The van der Waals surface area contributed by atoms with Crippen LogP contribution in [0.15, 0.2) is 102 Å². The first-order chi connectivity index (χ1) is 21.6. The van der Waals surface area contributed by atoms with E-state index >= 15 is 0 Å². The second kappa shape index (κ2) is 14.3. The third-order valence-electron chi connectivity index (χ3n) is 7.63. The van der Waals surface area contributed by atoms with Crippen molar-refractivity contribution in [3.8, 4) is 0 Å². The number of hydrogen-bond donors (Lipinski definition) is 1. The maximum absolute atomic E-state index is 14.6. The molecule has 0 saturated carbocycles. The van der Waals surface area contributed by atoms with Crippen molar-refractivity contribution in [2.75, 3.05) is 10.8 Å². The molecule has 0 fully saturated rings. The predicted octanol–water partition coefficient (Wildman–Crippen LogP) is 6.67. The van der Waals surface area contributed by atoms with Crippen LogP contribution >= 0.6 is 0 Å². The van der Waals surface area contributed by atoms with Gasteiger partial charge in [0.05, 0.1) is 10.6 Å². The number of aryl methyl sites for hydroxylation is 4.